The van der Waals surface area contributed by atoms with Crippen LogP contribution in [0.4, 0.5) is 4.39 Å². The van der Waals surface area contributed by atoms with Crippen LogP contribution >= 0.6 is 0 Å². The lowest BCUT2D eigenvalue weighted by Gasteiger charge is -2.20. The first-order chi connectivity index (χ1) is 9.22. The van der Waals surface area contributed by atoms with Crippen molar-refractivity contribution in [3.05, 3.63) is 65.2 Å². The minimum atomic E-state index is -0.109. The molecule has 0 aliphatic carbocycles. The van der Waals surface area contributed by atoms with E-state index < -0.39 is 0 Å². The summed E-state index contributed by atoms with van der Waals surface area (Å²) in [7, 11) is 0. The summed E-state index contributed by atoms with van der Waals surface area (Å²) >= 11 is 0. The minimum absolute atomic E-state index is 0.00713. The highest BCUT2D eigenvalue weighted by Crippen LogP contribution is 2.23. The molecule has 0 saturated carbocycles. The Hall–Kier alpha value is -1.74. The summed E-state index contributed by atoms with van der Waals surface area (Å²) in [5, 5.41) is 3.36. The van der Waals surface area contributed by atoms with Gasteiger partial charge in [-0.1, -0.05) is 25.1 Å². The van der Waals surface area contributed by atoms with Crippen LogP contribution in [0.3, 0.4) is 0 Å². The van der Waals surface area contributed by atoms with Gasteiger partial charge in [-0.25, -0.2) is 4.39 Å². The lowest BCUT2D eigenvalue weighted by Crippen LogP contribution is -2.24. The van der Waals surface area contributed by atoms with Crippen molar-refractivity contribution in [1.82, 2.24) is 10.3 Å². The fourth-order valence-corrected chi connectivity index (χ4v) is 2.23. The Bertz CT molecular complexity index is 526. The normalized spacial score (nSPS) is 12.4. The Labute approximate surface area is 113 Å². The number of likely N-dealkylation sites (N-methyl/N-ethyl adjacent to an activating group) is 1. The van der Waals surface area contributed by atoms with Gasteiger partial charge in [0.05, 0.1) is 0 Å². The standard InChI is InChI=1S/C16H19FN2/c1-3-19-15(11-13-7-9-18-10-8-13)14-6-4-5-12(2)16(14)17/h4-10,15,19H,3,11H2,1-2H3. The molecular formula is C16H19FN2. The lowest BCUT2D eigenvalue weighted by molar-refractivity contribution is 0.507. The summed E-state index contributed by atoms with van der Waals surface area (Å²) < 4.78 is 14.2. The van der Waals surface area contributed by atoms with Gasteiger partial charge >= 0.3 is 0 Å². The van der Waals surface area contributed by atoms with Crippen molar-refractivity contribution in [2.24, 2.45) is 0 Å². The van der Waals surface area contributed by atoms with E-state index in [1.165, 1.54) is 0 Å². The Morgan fingerprint density at radius 2 is 1.95 bits per heavy atom. The van der Waals surface area contributed by atoms with Crippen molar-refractivity contribution in [2.75, 3.05) is 6.54 Å². The zero-order valence-electron chi connectivity index (χ0n) is 11.4. The van der Waals surface area contributed by atoms with Crippen LogP contribution in [-0.2, 0) is 6.42 Å². The summed E-state index contributed by atoms with van der Waals surface area (Å²) in [5.41, 5.74) is 2.58. The lowest BCUT2D eigenvalue weighted by atomic mass is 9.97. The molecule has 2 aromatic rings. The Morgan fingerprint density at radius 3 is 2.63 bits per heavy atom. The van der Waals surface area contributed by atoms with E-state index in [1.807, 2.05) is 31.2 Å². The quantitative estimate of drug-likeness (QED) is 0.888. The van der Waals surface area contributed by atoms with Crippen LogP contribution in [-0.4, -0.2) is 11.5 Å². The fraction of sp³-hybridized carbons (Fsp3) is 0.312. The topological polar surface area (TPSA) is 24.9 Å². The molecule has 0 aliphatic heterocycles. The van der Waals surface area contributed by atoms with Crippen molar-refractivity contribution < 1.29 is 4.39 Å². The first-order valence-electron chi connectivity index (χ1n) is 6.59. The van der Waals surface area contributed by atoms with Gasteiger partial charge < -0.3 is 5.32 Å². The second-order valence-corrected chi connectivity index (χ2v) is 4.65. The molecule has 0 radical (unpaired) electrons. The first-order valence-corrected chi connectivity index (χ1v) is 6.59. The molecule has 0 fully saturated rings. The molecule has 1 N–H and O–H groups in total. The van der Waals surface area contributed by atoms with Gasteiger partial charge in [-0.05, 0) is 43.1 Å². The Balaban J connectivity index is 2.27. The number of benzene rings is 1. The maximum atomic E-state index is 14.2. The predicted octanol–water partition coefficient (Wildman–Crippen LogP) is 3.42. The number of hydrogen-bond acceptors (Lipinski definition) is 2. The fourth-order valence-electron chi connectivity index (χ4n) is 2.23. The number of aryl methyl sites for hydroxylation is 1. The molecule has 0 bridgehead atoms. The van der Waals surface area contributed by atoms with Crippen LogP contribution in [0.25, 0.3) is 0 Å². The number of nitrogens with zero attached hydrogens (tertiary/aromatic N) is 1. The van der Waals surface area contributed by atoms with E-state index in [1.54, 1.807) is 25.4 Å². The van der Waals surface area contributed by atoms with E-state index in [0.717, 1.165) is 24.1 Å². The zero-order chi connectivity index (χ0) is 13.7. The van der Waals surface area contributed by atoms with Crippen molar-refractivity contribution in [3.8, 4) is 0 Å². The molecule has 3 heteroatoms. The molecule has 0 spiro atoms. The maximum absolute atomic E-state index is 14.2. The van der Waals surface area contributed by atoms with E-state index in [4.69, 9.17) is 0 Å². The summed E-state index contributed by atoms with van der Waals surface area (Å²) in [4.78, 5) is 4.01. The first kappa shape index (κ1) is 13.7. The number of rotatable bonds is 5. The van der Waals surface area contributed by atoms with E-state index >= 15 is 0 Å². The molecule has 1 unspecified atom stereocenters. The van der Waals surface area contributed by atoms with Crippen LogP contribution in [0.1, 0.15) is 29.7 Å². The highest BCUT2D eigenvalue weighted by atomic mass is 19.1. The second kappa shape index (κ2) is 6.43. The van der Waals surface area contributed by atoms with Crippen LogP contribution in [0, 0.1) is 12.7 Å². The summed E-state index contributed by atoms with van der Waals surface area (Å²) in [6.07, 6.45) is 4.30. The third-order valence-electron chi connectivity index (χ3n) is 3.24. The number of nitrogens with one attached hydrogen (secondary N) is 1. The number of pyridine rings is 1. The van der Waals surface area contributed by atoms with Crippen molar-refractivity contribution >= 4 is 0 Å². The molecule has 2 nitrogen and oxygen atoms in total. The second-order valence-electron chi connectivity index (χ2n) is 4.65. The SMILES string of the molecule is CCNC(Cc1ccncc1)c1cccc(C)c1F. The van der Waals surface area contributed by atoms with Gasteiger partial charge in [0.15, 0.2) is 0 Å². The van der Waals surface area contributed by atoms with Crippen LogP contribution in [0.2, 0.25) is 0 Å². The van der Waals surface area contributed by atoms with E-state index in [2.05, 4.69) is 10.3 Å². The van der Waals surface area contributed by atoms with E-state index in [-0.39, 0.29) is 11.9 Å². The van der Waals surface area contributed by atoms with Gasteiger partial charge in [0, 0.05) is 24.0 Å². The highest BCUT2D eigenvalue weighted by molar-refractivity contribution is 5.29. The summed E-state index contributed by atoms with van der Waals surface area (Å²) in [6.45, 7) is 4.64. The number of aromatic nitrogens is 1. The van der Waals surface area contributed by atoms with Gasteiger partial charge in [-0.2, -0.15) is 0 Å². The van der Waals surface area contributed by atoms with E-state index in [0.29, 0.717) is 5.56 Å². The molecule has 0 saturated heterocycles. The van der Waals surface area contributed by atoms with Gasteiger partial charge in [0.2, 0.25) is 0 Å². The Kier molecular flexibility index (Phi) is 4.63. The zero-order valence-corrected chi connectivity index (χ0v) is 11.4. The molecule has 1 atom stereocenters. The minimum Gasteiger partial charge on any atom is -0.310 e. The average Bonchev–Trinajstić information content (AvgIpc) is 2.43. The van der Waals surface area contributed by atoms with Gasteiger partial charge in [0.25, 0.3) is 0 Å². The summed E-state index contributed by atoms with van der Waals surface area (Å²) in [6, 6.07) is 9.50. The van der Waals surface area contributed by atoms with Crippen molar-refractivity contribution in [2.45, 2.75) is 26.3 Å². The van der Waals surface area contributed by atoms with Gasteiger partial charge in [-0.3, -0.25) is 4.98 Å². The largest absolute Gasteiger partial charge is 0.310 e. The molecule has 19 heavy (non-hydrogen) atoms. The molecule has 100 valence electrons. The number of hydrogen-bond donors (Lipinski definition) is 1. The third kappa shape index (κ3) is 3.38. The molecule has 0 amide bonds. The maximum Gasteiger partial charge on any atom is 0.130 e. The summed E-state index contributed by atoms with van der Waals surface area (Å²) in [5.74, 6) is -0.109. The van der Waals surface area contributed by atoms with Crippen molar-refractivity contribution in [1.29, 1.82) is 0 Å². The molecule has 1 aromatic carbocycles. The Morgan fingerprint density at radius 1 is 1.21 bits per heavy atom. The smallest absolute Gasteiger partial charge is 0.130 e. The molecule has 1 aromatic heterocycles. The van der Waals surface area contributed by atoms with Crippen molar-refractivity contribution in [3.63, 3.8) is 0 Å². The number of halogens is 1. The van der Waals surface area contributed by atoms with E-state index in [9.17, 15) is 4.39 Å². The third-order valence-corrected chi connectivity index (χ3v) is 3.24. The highest BCUT2D eigenvalue weighted by Gasteiger charge is 2.16. The predicted molar refractivity (Wildman–Crippen MR) is 75.5 cm³/mol. The molecular weight excluding hydrogens is 239 g/mol. The van der Waals surface area contributed by atoms with Gasteiger partial charge in [0.1, 0.15) is 5.82 Å². The van der Waals surface area contributed by atoms with Crippen LogP contribution in [0.5, 0.6) is 0 Å². The van der Waals surface area contributed by atoms with Gasteiger partial charge in [-0.15, -0.1) is 0 Å². The molecule has 0 aliphatic rings. The van der Waals surface area contributed by atoms with Crippen LogP contribution < -0.4 is 5.32 Å². The van der Waals surface area contributed by atoms with Crippen LogP contribution in [0.15, 0.2) is 42.7 Å². The average molecular weight is 258 g/mol. The molecule has 1 heterocycles. The molecule has 2 rings (SSSR count). The monoisotopic (exact) mass is 258 g/mol.